The predicted octanol–water partition coefficient (Wildman–Crippen LogP) is 3.51. The number of alkyl halides is 3. The Labute approximate surface area is 195 Å². The Morgan fingerprint density at radius 2 is 1.94 bits per heavy atom. The van der Waals surface area contributed by atoms with Gasteiger partial charge in [-0.3, -0.25) is 9.78 Å². The molecule has 34 heavy (non-hydrogen) atoms. The molecule has 0 spiro atoms. The summed E-state index contributed by atoms with van der Waals surface area (Å²) < 4.78 is 43.5. The van der Waals surface area contributed by atoms with Gasteiger partial charge < -0.3 is 19.5 Å². The molecule has 0 unspecified atom stereocenters. The van der Waals surface area contributed by atoms with Gasteiger partial charge in [-0.25, -0.2) is 4.79 Å². The van der Waals surface area contributed by atoms with Gasteiger partial charge in [0.2, 0.25) is 5.91 Å². The van der Waals surface area contributed by atoms with E-state index in [4.69, 9.17) is 19.4 Å². The van der Waals surface area contributed by atoms with E-state index >= 15 is 0 Å². The Morgan fingerprint density at radius 3 is 2.59 bits per heavy atom. The molecule has 2 aliphatic heterocycles. The number of carbonyl (C=O) groups excluding carboxylic acids is 1. The molecule has 2 saturated heterocycles. The summed E-state index contributed by atoms with van der Waals surface area (Å²) in [7, 11) is 0. The number of aromatic nitrogens is 1. The monoisotopic (exact) mass is 480 g/mol. The van der Waals surface area contributed by atoms with Crippen molar-refractivity contribution < 1.29 is 37.3 Å². The number of nitrogens with zero attached hydrogens (tertiary/aromatic N) is 2. The summed E-state index contributed by atoms with van der Waals surface area (Å²) >= 11 is 0. The van der Waals surface area contributed by atoms with Crippen molar-refractivity contribution in [3.63, 3.8) is 0 Å². The number of pyridine rings is 1. The van der Waals surface area contributed by atoms with Crippen molar-refractivity contribution in [1.82, 2.24) is 9.88 Å². The molecular formula is C24H27F3N2O5. The standard InChI is InChI=1S/C22H26N2O3.C2HF3O2/c1-16-5-2-3-6-17(16)11-22(25)24-13-20-18(15-27-21(20)14-24)8-10-26-19-7-4-9-23-12-19;3-2(4,5)1(6)7/h2-7,9,12,18,20-21H,8,10-11,13-15H2,1H3;(H,6,7)/t18-,20-,21-;/m0./s1. The number of ether oxygens (including phenoxy) is 2. The number of carbonyl (C=O) groups is 2. The fraction of sp³-hybridized carbons (Fsp3) is 0.458. The van der Waals surface area contributed by atoms with E-state index in [2.05, 4.69) is 18.0 Å². The van der Waals surface area contributed by atoms with E-state index in [9.17, 15) is 18.0 Å². The molecule has 1 amide bonds. The van der Waals surface area contributed by atoms with E-state index in [0.29, 0.717) is 24.9 Å². The number of aryl methyl sites for hydroxylation is 1. The van der Waals surface area contributed by atoms with Crippen LogP contribution in [0.2, 0.25) is 0 Å². The number of carboxylic acid groups (broad SMARTS) is 1. The van der Waals surface area contributed by atoms with Crippen molar-refractivity contribution >= 4 is 11.9 Å². The molecule has 2 aromatic rings. The molecular weight excluding hydrogens is 453 g/mol. The van der Waals surface area contributed by atoms with Gasteiger partial charge in [0.25, 0.3) is 0 Å². The van der Waals surface area contributed by atoms with Crippen LogP contribution in [0.5, 0.6) is 5.75 Å². The first-order chi connectivity index (χ1) is 16.1. The minimum absolute atomic E-state index is 0.175. The maximum atomic E-state index is 12.7. The highest BCUT2D eigenvalue weighted by Crippen LogP contribution is 2.35. The van der Waals surface area contributed by atoms with Crippen molar-refractivity contribution in [2.45, 2.75) is 32.0 Å². The molecule has 1 aromatic heterocycles. The lowest BCUT2D eigenvalue weighted by molar-refractivity contribution is -0.192. The predicted molar refractivity (Wildman–Crippen MR) is 116 cm³/mol. The average Bonchev–Trinajstić information content (AvgIpc) is 3.38. The van der Waals surface area contributed by atoms with E-state index in [0.717, 1.165) is 37.4 Å². The second-order valence-corrected chi connectivity index (χ2v) is 8.33. The molecule has 0 bridgehead atoms. The smallest absolute Gasteiger partial charge is 0.490 e. The van der Waals surface area contributed by atoms with Gasteiger partial charge in [-0.1, -0.05) is 24.3 Å². The number of fused-ring (bicyclic) bond motifs is 1. The molecule has 10 heteroatoms. The number of aliphatic carboxylic acids is 1. The first kappa shape index (κ1) is 25.5. The van der Waals surface area contributed by atoms with Gasteiger partial charge in [0.1, 0.15) is 5.75 Å². The molecule has 1 aromatic carbocycles. The van der Waals surface area contributed by atoms with Crippen LogP contribution in [0.25, 0.3) is 0 Å². The highest BCUT2D eigenvalue weighted by Gasteiger charge is 2.44. The summed E-state index contributed by atoms with van der Waals surface area (Å²) in [6, 6.07) is 11.9. The van der Waals surface area contributed by atoms with Gasteiger partial charge in [0, 0.05) is 25.2 Å². The zero-order valence-electron chi connectivity index (χ0n) is 18.7. The number of halogens is 3. The van der Waals surface area contributed by atoms with Gasteiger partial charge in [-0.15, -0.1) is 0 Å². The van der Waals surface area contributed by atoms with E-state index < -0.39 is 12.1 Å². The van der Waals surface area contributed by atoms with E-state index in [1.54, 1.807) is 12.4 Å². The van der Waals surface area contributed by atoms with Crippen LogP contribution in [0, 0.1) is 18.8 Å². The SMILES string of the molecule is Cc1ccccc1CC(=O)N1C[C@H]2[C@@H](CCOc3cccnc3)CO[C@H]2C1.O=C(O)C(F)(F)F. The number of carboxylic acids is 1. The Kier molecular flexibility index (Phi) is 8.49. The number of hydrogen-bond acceptors (Lipinski definition) is 5. The zero-order valence-corrected chi connectivity index (χ0v) is 18.7. The van der Waals surface area contributed by atoms with Gasteiger partial charge in [0.05, 0.1) is 31.9 Å². The maximum absolute atomic E-state index is 12.7. The van der Waals surface area contributed by atoms with Gasteiger partial charge in [0.15, 0.2) is 0 Å². The van der Waals surface area contributed by atoms with E-state index in [-0.39, 0.29) is 12.0 Å². The molecule has 0 aliphatic carbocycles. The van der Waals surface area contributed by atoms with Crippen LogP contribution in [0.15, 0.2) is 48.8 Å². The summed E-state index contributed by atoms with van der Waals surface area (Å²) in [6.45, 7) is 5.00. The number of amides is 1. The van der Waals surface area contributed by atoms with Crippen molar-refractivity contribution in [1.29, 1.82) is 0 Å². The van der Waals surface area contributed by atoms with Crippen LogP contribution in [0.3, 0.4) is 0 Å². The second-order valence-electron chi connectivity index (χ2n) is 8.33. The maximum Gasteiger partial charge on any atom is 0.490 e. The van der Waals surface area contributed by atoms with Crippen molar-refractivity contribution in [2.24, 2.45) is 11.8 Å². The third-order valence-corrected chi connectivity index (χ3v) is 6.03. The fourth-order valence-corrected chi connectivity index (χ4v) is 4.14. The van der Waals surface area contributed by atoms with Gasteiger partial charge in [-0.05, 0) is 42.5 Å². The second kappa shape index (κ2) is 11.3. The van der Waals surface area contributed by atoms with Crippen LogP contribution < -0.4 is 4.74 Å². The lowest BCUT2D eigenvalue weighted by Gasteiger charge is -2.20. The molecule has 0 saturated carbocycles. The summed E-state index contributed by atoms with van der Waals surface area (Å²) in [5.41, 5.74) is 2.29. The Hall–Kier alpha value is -3.14. The molecule has 3 atom stereocenters. The van der Waals surface area contributed by atoms with Crippen LogP contribution in [-0.2, 0) is 20.7 Å². The molecule has 3 heterocycles. The zero-order chi connectivity index (χ0) is 24.7. The van der Waals surface area contributed by atoms with Crippen molar-refractivity contribution in [3.8, 4) is 5.75 Å². The van der Waals surface area contributed by atoms with Crippen LogP contribution in [-0.4, -0.2) is 65.5 Å². The van der Waals surface area contributed by atoms with E-state index in [1.165, 1.54) is 5.56 Å². The molecule has 0 radical (unpaired) electrons. The summed E-state index contributed by atoms with van der Waals surface area (Å²) in [4.78, 5) is 27.7. The topological polar surface area (TPSA) is 89.0 Å². The van der Waals surface area contributed by atoms with Gasteiger partial charge >= 0.3 is 12.1 Å². The number of benzene rings is 1. The van der Waals surface area contributed by atoms with Crippen LogP contribution in [0.4, 0.5) is 13.2 Å². The molecule has 7 nitrogen and oxygen atoms in total. The third kappa shape index (κ3) is 6.93. The summed E-state index contributed by atoms with van der Waals surface area (Å²) in [6.07, 6.45) is -0.0236. The fourth-order valence-electron chi connectivity index (χ4n) is 4.14. The molecule has 2 fully saturated rings. The molecule has 1 N–H and O–H groups in total. The summed E-state index contributed by atoms with van der Waals surface area (Å²) in [5, 5.41) is 7.12. The van der Waals surface area contributed by atoms with Gasteiger partial charge in [-0.2, -0.15) is 13.2 Å². The Balaban J connectivity index is 0.000000406. The highest BCUT2D eigenvalue weighted by atomic mass is 19.4. The molecule has 184 valence electrons. The highest BCUT2D eigenvalue weighted by molar-refractivity contribution is 5.79. The average molecular weight is 480 g/mol. The summed E-state index contributed by atoms with van der Waals surface area (Å²) in [5.74, 6) is -0.888. The first-order valence-electron chi connectivity index (χ1n) is 10.9. The third-order valence-electron chi connectivity index (χ3n) is 6.03. The largest absolute Gasteiger partial charge is 0.492 e. The molecule has 2 aliphatic rings. The lowest BCUT2D eigenvalue weighted by atomic mass is 9.91. The van der Waals surface area contributed by atoms with Crippen molar-refractivity contribution in [2.75, 3.05) is 26.3 Å². The van der Waals surface area contributed by atoms with Crippen molar-refractivity contribution in [3.05, 3.63) is 59.9 Å². The van der Waals surface area contributed by atoms with Crippen LogP contribution >= 0.6 is 0 Å². The number of rotatable bonds is 6. The number of likely N-dealkylation sites (tertiary alicyclic amines) is 1. The minimum atomic E-state index is -5.08. The Morgan fingerprint density at radius 1 is 1.21 bits per heavy atom. The Bertz CT molecular complexity index is 971. The quantitative estimate of drug-likeness (QED) is 0.681. The molecule has 4 rings (SSSR count). The minimum Gasteiger partial charge on any atom is -0.492 e. The van der Waals surface area contributed by atoms with Crippen LogP contribution in [0.1, 0.15) is 17.5 Å². The van der Waals surface area contributed by atoms with E-state index in [1.807, 2.05) is 35.2 Å². The normalized spacial score (nSPS) is 21.4. The lowest BCUT2D eigenvalue weighted by Crippen LogP contribution is -2.32. The first-order valence-corrected chi connectivity index (χ1v) is 10.9. The number of hydrogen-bond donors (Lipinski definition) is 1.